The van der Waals surface area contributed by atoms with Gasteiger partial charge in [0.15, 0.2) is 0 Å². The highest BCUT2D eigenvalue weighted by Crippen LogP contribution is 2.27. The average Bonchev–Trinajstić information content (AvgIpc) is 2.45. The Morgan fingerprint density at radius 1 is 1.23 bits per heavy atom. The first-order valence-electron chi connectivity index (χ1n) is 7.50. The normalized spacial score (nSPS) is 21.5. The largest absolute Gasteiger partial charge is 0.496 e. The van der Waals surface area contributed by atoms with Crippen molar-refractivity contribution < 1.29 is 19.4 Å². The minimum atomic E-state index is -0.827. The Hall–Kier alpha value is -2.04. The minimum absolute atomic E-state index is 0.105. The molecule has 2 unspecified atom stereocenters. The average molecular weight is 305 g/mol. The van der Waals surface area contributed by atoms with E-state index in [-0.39, 0.29) is 18.4 Å². The van der Waals surface area contributed by atoms with Crippen molar-refractivity contribution in [1.82, 2.24) is 4.90 Å². The van der Waals surface area contributed by atoms with E-state index in [1.807, 2.05) is 32.9 Å². The lowest BCUT2D eigenvalue weighted by molar-refractivity contribution is -0.143. The van der Waals surface area contributed by atoms with Crippen molar-refractivity contribution in [1.29, 1.82) is 0 Å². The molecule has 1 saturated heterocycles. The van der Waals surface area contributed by atoms with Crippen LogP contribution in [0.2, 0.25) is 0 Å². The number of hydrogen-bond donors (Lipinski definition) is 1. The Labute approximate surface area is 130 Å². The van der Waals surface area contributed by atoms with Crippen LogP contribution in [0.5, 0.6) is 5.75 Å². The third-order valence-electron chi connectivity index (χ3n) is 4.21. The summed E-state index contributed by atoms with van der Waals surface area (Å²) in [5, 5.41) is 9.23. The first kappa shape index (κ1) is 16.3. The van der Waals surface area contributed by atoms with Crippen LogP contribution in [0.25, 0.3) is 0 Å². The quantitative estimate of drug-likeness (QED) is 0.931. The van der Waals surface area contributed by atoms with Gasteiger partial charge < -0.3 is 14.7 Å². The molecule has 0 saturated carbocycles. The number of aryl methyl sites for hydroxylation is 2. The van der Waals surface area contributed by atoms with Gasteiger partial charge in [-0.2, -0.15) is 0 Å². The van der Waals surface area contributed by atoms with Gasteiger partial charge in [0, 0.05) is 18.7 Å². The predicted molar refractivity (Wildman–Crippen MR) is 83.3 cm³/mol. The van der Waals surface area contributed by atoms with Crippen LogP contribution in [0.15, 0.2) is 12.1 Å². The molecule has 2 atom stereocenters. The molecule has 0 radical (unpaired) electrons. The zero-order chi connectivity index (χ0) is 16.4. The summed E-state index contributed by atoms with van der Waals surface area (Å²) < 4.78 is 5.32. The summed E-state index contributed by atoms with van der Waals surface area (Å²) in [5.74, 6) is -0.433. The highest BCUT2D eigenvalue weighted by Gasteiger charge is 2.32. The number of rotatable bonds is 3. The van der Waals surface area contributed by atoms with Crippen LogP contribution in [-0.2, 0) is 4.79 Å². The van der Waals surface area contributed by atoms with Crippen molar-refractivity contribution in [2.24, 2.45) is 11.8 Å². The Balaban J connectivity index is 2.26. The van der Waals surface area contributed by atoms with Crippen LogP contribution >= 0.6 is 0 Å². The van der Waals surface area contributed by atoms with Crippen molar-refractivity contribution in [3.05, 3.63) is 28.8 Å². The second-order valence-corrected chi connectivity index (χ2v) is 6.23. The fourth-order valence-electron chi connectivity index (χ4n) is 3.27. The number of aliphatic carboxylic acids is 1. The number of hydrogen-bond acceptors (Lipinski definition) is 3. The number of carboxylic acids is 1. The molecule has 120 valence electrons. The van der Waals surface area contributed by atoms with Gasteiger partial charge in [-0.15, -0.1) is 0 Å². The van der Waals surface area contributed by atoms with E-state index in [2.05, 4.69) is 0 Å². The van der Waals surface area contributed by atoms with Gasteiger partial charge in [0.05, 0.1) is 13.0 Å². The molecule has 2 rings (SSSR count). The molecule has 5 heteroatoms. The molecule has 5 nitrogen and oxygen atoms in total. The summed E-state index contributed by atoms with van der Waals surface area (Å²) in [4.78, 5) is 25.6. The Kier molecular flexibility index (Phi) is 4.74. The molecule has 1 aromatic rings. The van der Waals surface area contributed by atoms with Gasteiger partial charge in [-0.05, 0) is 49.4 Å². The molecule has 1 heterocycles. The van der Waals surface area contributed by atoms with E-state index in [1.54, 1.807) is 12.0 Å². The molecular weight excluding hydrogens is 282 g/mol. The number of ether oxygens (including phenoxy) is 1. The molecule has 0 bridgehead atoms. The standard InChI is InChI=1S/C17H23NO4/c1-10-5-14(17(20)21)9-18(8-10)16(19)13-6-11(2)15(22-4)12(3)7-13/h6-7,10,14H,5,8-9H2,1-4H3,(H,20,21). The molecule has 22 heavy (non-hydrogen) atoms. The summed E-state index contributed by atoms with van der Waals surface area (Å²) in [7, 11) is 1.61. The smallest absolute Gasteiger partial charge is 0.308 e. The maximum absolute atomic E-state index is 12.7. The zero-order valence-corrected chi connectivity index (χ0v) is 13.5. The Morgan fingerprint density at radius 3 is 2.32 bits per heavy atom. The molecule has 1 fully saturated rings. The summed E-state index contributed by atoms with van der Waals surface area (Å²) in [6, 6.07) is 3.62. The van der Waals surface area contributed by atoms with E-state index < -0.39 is 11.9 Å². The van der Waals surface area contributed by atoms with Crippen LogP contribution in [0, 0.1) is 25.7 Å². The zero-order valence-electron chi connectivity index (χ0n) is 13.5. The number of carbonyl (C=O) groups excluding carboxylic acids is 1. The summed E-state index contributed by atoms with van der Waals surface area (Å²) in [5.41, 5.74) is 2.41. The van der Waals surface area contributed by atoms with Gasteiger partial charge in [0.2, 0.25) is 0 Å². The molecule has 1 amide bonds. The molecule has 0 spiro atoms. The topological polar surface area (TPSA) is 66.8 Å². The number of piperidine rings is 1. The lowest BCUT2D eigenvalue weighted by atomic mass is 9.90. The number of nitrogens with zero attached hydrogens (tertiary/aromatic N) is 1. The van der Waals surface area contributed by atoms with Crippen LogP contribution in [0.3, 0.4) is 0 Å². The van der Waals surface area contributed by atoms with Crippen molar-refractivity contribution in [2.45, 2.75) is 27.2 Å². The fraction of sp³-hybridized carbons (Fsp3) is 0.529. The van der Waals surface area contributed by atoms with E-state index in [4.69, 9.17) is 4.74 Å². The second kappa shape index (κ2) is 6.38. The van der Waals surface area contributed by atoms with Crippen molar-refractivity contribution in [3.63, 3.8) is 0 Å². The SMILES string of the molecule is COc1c(C)cc(C(=O)N2CC(C)CC(C(=O)O)C2)cc1C. The molecule has 1 aromatic carbocycles. The fourth-order valence-corrected chi connectivity index (χ4v) is 3.27. The van der Waals surface area contributed by atoms with E-state index >= 15 is 0 Å². The summed E-state index contributed by atoms with van der Waals surface area (Å²) in [6.45, 7) is 6.68. The predicted octanol–water partition coefficient (Wildman–Crippen LogP) is 2.49. The van der Waals surface area contributed by atoms with Crippen LogP contribution in [0.1, 0.15) is 34.8 Å². The van der Waals surface area contributed by atoms with Gasteiger partial charge in [-0.25, -0.2) is 0 Å². The monoisotopic (exact) mass is 305 g/mol. The van der Waals surface area contributed by atoms with Gasteiger partial charge in [0.25, 0.3) is 5.91 Å². The first-order valence-corrected chi connectivity index (χ1v) is 7.50. The maximum Gasteiger partial charge on any atom is 0.308 e. The lowest BCUT2D eigenvalue weighted by Gasteiger charge is -2.34. The van der Waals surface area contributed by atoms with E-state index in [9.17, 15) is 14.7 Å². The van der Waals surface area contributed by atoms with Gasteiger partial charge in [-0.1, -0.05) is 6.92 Å². The molecule has 1 aliphatic rings. The maximum atomic E-state index is 12.7. The molecular formula is C17H23NO4. The van der Waals surface area contributed by atoms with Crippen LogP contribution in [0.4, 0.5) is 0 Å². The third-order valence-corrected chi connectivity index (χ3v) is 4.21. The number of methoxy groups -OCH3 is 1. The van der Waals surface area contributed by atoms with Crippen LogP contribution < -0.4 is 4.74 Å². The number of carbonyl (C=O) groups is 2. The first-order chi connectivity index (χ1) is 10.3. The molecule has 1 N–H and O–H groups in total. The third kappa shape index (κ3) is 3.24. The minimum Gasteiger partial charge on any atom is -0.496 e. The Bertz CT molecular complexity index is 573. The molecule has 0 aliphatic carbocycles. The van der Waals surface area contributed by atoms with Crippen molar-refractivity contribution in [3.8, 4) is 5.75 Å². The van der Waals surface area contributed by atoms with Crippen LogP contribution in [-0.4, -0.2) is 42.1 Å². The van der Waals surface area contributed by atoms with Crippen molar-refractivity contribution >= 4 is 11.9 Å². The summed E-state index contributed by atoms with van der Waals surface area (Å²) in [6.07, 6.45) is 0.625. The number of likely N-dealkylation sites (tertiary alicyclic amines) is 1. The second-order valence-electron chi connectivity index (χ2n) is 6.23. The highest BCUT2D eigenvalue weighted by atomic mass is 16.5. The van der Waals surface area contributed by atoms with E-state index in [1.165, 1.54) is 0 Å². The van der Waals surface area contributed by atoms with E-state index in [0.717, 1.165) is 16.9 Å². The highest BCUT2D eigenvalue weighted by molar-refractivity contribution is 5.95. The Morgan fingerprint density at radius 2 is 1.82 bits per heavy atom. The molecule has 0 aromatic heterocycles. The van der Waals surface area contributed by atoms with Gasteiger partial charge in [-0.3, -0.25) is 9.59 Å². The number of amides is 1. The lowest BCUT2D eigenvalue weighted by Crippen LogP contribution is -2.45. The summed E-state index contributed by atoms with van der Waals surface area (Å²) >= 11 is 0. The van der Waals surface area contributed by atoms with Crippen molar-refractivity contribution in [2.75, 3.05) is 20.2 Å². The number of carboxylic acid groups (broad SMARTS) is 1. The van der Waals surface area contributed by atoms with Gasteiger partial charge in [0.1, 0.15) is 5.75 Å². The van der Waals surface area contributed by atoms with Gasteiger partial charge >= 0.3 is 5.97 Å². The van der Waals surface area contributed by atoms with E-state index in [0.29, 0.717) is 18.5 Å². The number of benzene rings is 1. The molecule has 1 aliphatic heterocycles.